The van der Waals surface area contributed by atoms with E-state index in [2.05, 4.69) is 21.2 Å². The zero-order valence-corrected chi connectivity index (χ0v) is 30.9. The van der Waals surface area contributed by atoms with Crippen molar-refractivity contribution in [1.29, 1.82) is 0 Å². The molecule has 0 aliphatic heterocycles. The van der Waals surface area contributed by atoms with Gasteiger partial charge in [0.1, 0.15) is 18.3 Å². The highest BCUT2D eigenvalue weighted by atomic mass is 79.9. The number of hydrogen-bond donors (Lipinski definition) is 1. The fourth-order valence-electron chi connectivity index (χ4n) is 6.24. The number of benzene rings is 4. The fourth-order valence-corrected chi connectivity index (χ4v) is 7.93. The third-order valence-electron chi connectivity index (χ3n) is 9.09. The molecule has 1 saturated carbocycles. The molecule has 1 aliphatic rings. The molecular weight excluding hydrogens is 736 g/mol. The lowest BCUT2D eigenvalue weighted by Crippen LogP contribution is -2.55. The number of halogens is 1. The molecule has 1 atom stereocenters. The molecule has 4 aromatic carbocycles. The molecule has 4 aromatic rings. The maximum absolute atomic E-state index is 14.8. The SMILES string of the molecule is COc1ccc(N(CC(=O)N(Cc2ccc(Br)cc2)C(Cc2ccccc2)C(=O)NC2CCCCC2)S(=O)(=O)c2ccc(C)c([N+](=O)[O-])c2)cc1. The largest absolute Gasteiger partial charge is 0.497 e. The first-order valence-electron chi connectivity index (χ1n) is 16.8. The van der Waals surface area contributed by atoms with Crippen LogP contribution in [-0.4, -0.2) is 55.8 Å². The van der Waals surface area contributed by atoms with Gasteiger partial charge >= 0.3 is 0 Å². The summed E-state index contributed by atoms with van der Waals surface area (Å²) in [5.74, 6) is -0.476. The number of nitro groups is 1. The van der Waals surface area contributed by atoms with E-state index in [4.69, 9.17) is 4.74 Å². The zero-order valence-electron chi connectivity index (χ0n) is 28.5. The maximum atomic E-state index is 14.8. The van der Waals surface area contributed by atoms with Crippen LogP contribution in [0.3, 0.4) is 0 Å². The summed E-state index contributed by atoms with van der Waals surface area (Å²) in [6, 6.07) is 25.5. The second kappa shape index (κ2) is 17.0. The van der Waals surface area contributed by atoms with Crippen molar-refractivity contribution in [1.82, 2.24) is 10.2 Å². The van der Waals surface area contributed by atoms with Gasteiger partial charge in [-0.3, -0.25) is 24.0 Å². The minimum Gasteiger partial charge on any atom is -0.497 e. The number of methoxy groups -OCH3 is 1. The van der Waals surface area contributed by atoms with Gasteiger partial charge in [-0.1, -0.05) is 83.7 Å². The molecule has 5 rings (SSSR count). The molecule has 1 N–H and O–H groups in total. The van der Waals surface area contributed by atoms with Gasteiger partial charge < -0.3 is 15.0 Å². The predicted octanol–water partition coefficient (Wildman–Crippen LogP) is 6.96. The molecule has 1 fully saturated rings. The standard InChI is InChI=1S/C38H41BrN4O7S/c1-27-13-22-34(24-35(27)43(46)47)51(48,49)42(32-18-20-33(50-2)21-19-32)26-37(44)41(25-29-14-16-30(39)17-15-29)36(23-28-9-5-3-6-10-28)38(45)40-31-11-7-4-8-12-31/h3,5-6,9-10,13-22,24,31,36H,4,7-8,11-12,23,25-26H2,1-2H3,(H,40,45). The Hall–Kier alpha value is -4.75. The number of nitro benzene ring substituents is 1. The highest BCUT2D eigenvalue weighted by Crippen LogP contribution is 2.30. The van der Waals surface area contributed by atoms with Crippen LogP contribution in [0.1, 0.15) is 48.8 Å². The van der Waals surface area contributed by atoms with Crippen LogP contribution in [0, 0.1) is 17.0 Å². The van der Waals surface area contributed by atoms with Crippen LogP contribution in [0.25, 0.3) is 0 Å². The van der Waals surface area contributed by atoms with Crippen LogP contribution < -0.4 is 14.4 Å². The van der Waals surface area contributed by atoms with Crippen molar-refractivity contribution in [2.24, 2.45) is 0 Å². The third kappa shape index (κ3) is 9.53. The van der Waals surface area contributed by atoms with Gasteiger partial charge in [0.15, 0.2) is 0 Å². The van der Waals surface area contributed by atoms with Gasteiger partial charge in [0.2, 0.25) is 11.8 Å². The van der Waals surface area contributed by atoms with E-state index in [1.807, 2.05) is 54.6 Å². The monoisotopic (exact) mass is 776 g/mol. The number of anilines is 1. The summed E-state index contributed by atoms with van der Waals surface area (Å²) in [4.78, 5) is 41.3. The number of nitrogens with zero attached hydrogens (tertiary/aromatic N) is 3. The Morgan fingerprint density at radius 1 is 0.941 bits per heavy atom. The first-order chi connectivity index (χ1) is 24.5. The molecule has 13 heteroatoms. The minimum atomic E-state index is -4.55. The molecule has 268 valence electrons. The van der Waals surface area contributed by atoms with Crippen LogP contribution >= 0.6 is 15.9 Å². The average molecular weight is 778 g/mol. The zero-order chi connectivity index (χ0) is 36.5. The predicted molar refractivity (Wildman–Crippen MR) is 199 cm³/mol. The van der Waals surface area contributed by atoms with Crippen molar-refractivity contribution < 1.29 is 27.7 Å². The number of amides is 2. The van der Waals surface area contributed by atoms with E-state index in [1.54, 1.807) is 12.1 Å². The summed E-state index contributed by atoms with van der Waals surface area (Å²) < 4.78 is 35.8. The molecule has 0 radical (unpaired) electrons. The molecule has 0 saturated heterocycles. The molecule has 0 aromatic heterocycles. The number of ether oxygens (including phenoxy) is 1. The van der Waals surface area contributed by atoms with Gasteiger partial charge in [-0.2, -0.15) is 0 Å². The molecule has 0 bridgehead atoms. The van der Waals surface area contributed by atoms with E-state index in [0.717, 1.165) is 58.1 Å². The van der Waals surface area contributed by atoms with Crippen LogP contribution in [0.2, 0.25) is 0 Å². The van der Waals surface area contributed by atoms with Crippen LogP contribution in [-0.2, 0) is 32.6 Å². The molecule has 0 heterocycles. The number of rotatable bonds is 14. The molecule has 2 amide bonds. The van der Waals surface area contributed by atoms with Crippen molar-refractivity contribution in [3.05, 3.63) is 128 Å². The second-order valence-corrected chi connectivity index (χ2v) is 15.4. The van der Waals surface area contributed by atoms with Gasteiger partial charge in [-0.15, -0.1) is 0 Å². The van der Waals surface area contributed by atoms with Crippen molar-refractivity contribution in [2.45, 2.75) is 69.0 Å². The van der Waals surface area contributed by atoms with Gasteiger partial charge in [-0.25, -0.2) is 8.42 Å². The minimum absolute atomic E-state index is 0.0220. The third-order valence-corrected chi connectivity index (χ3v) is 11.4. The van der Waals surface area contributed by atoms with Gasteiger partial charge in [0.25, 0.3) is 15.7 Å². The van der Waals surface area contributed by atoms with Crippen molar-refractivity contribution in [3.63, 3.8) is 0 Å². The molecular formula is C38H41BrN4O7S. The summed E-state index contributed by atoms with van der Waals surface area (Å²) in [5.41, 5.74) is 1.64. The second-order valence-electron chi connectivity index (χ2n) is 12.6. The smallest absolute Gasteiger partial charge is 0.273 e. The summed E-state index contributed by atoms with van der Waals surface area (Å²) in [7, 11) is -3.07. The van der Waals surface area contributed by atoms with E-state index < -0.39 is 33.4 Å². The topological polar surface area (TPSA) is 139 Å². The number of hydrogen-bond acceptors (Lipinski definition) is 7. The van der Waals surface area contributed by atoms with Crippen LogP contribution in [0.15, 0.2) is 106 Å². The normalized spacial score (nSPS) is 13.9. The highest BCUT2D eigenvalue weighted by molar-refractivity contribution is 9.10. The molecule has 1 unspecified atom stereocenters. The summed E-state index contributed by atoms with van der Waals surface area (Å²) in [6.07, 6.45) is 4.99. The van der Waals surface area contributed by atoms with Crippen LogP contribution in [0.5, 0.6) is 5.75 Å². The average Bonchev–Trinajstić information content (AvgIpc) is 3.13. The maximum Gasteiger partial charge on any atom is 0.273 e. The van der Waals surface area contributed by atoms with Crippen molar-refractivity contribution in [2.75, 3.05) is 18.0 Å². The number of carbonyl (C=O) groups is 2. The Balaban J connectivity index is 1.59. The lowest BCUT2D eigenvalue weighted by Gasteiger charge is -2.35. The molecule has 1 aliphatic carbocycles. The number of nitrogens with one attached hydrogen (secondary N) is 1. The molecule has 0 spiro atoms. The van der Waals surface area contributed by atoms with E-state index in [-0.39, 0.29) is 41.2 Å². The Bertz CT molecular complexity index is 1940. The summed E-state index contributed by atoms with van der Waals surface area (Å²) in [5, 5.41) is 15.0. The van der Waals surface area contributed by atoms with Crippen molar-refractivity contribution in [3.8, 4) is 5.75 Å². The summed E-state index contributed by atoms with van der Waals surface area (Å²) >= 11 is 3.45. The van der Waals surface area contributed by atoms with Crippen molar-refractivity contribution >= 4 is 49.1 Å². The Morgan fingerprint density at radius 3 is 2.24 bits per heavy atom. The van der Waals surface area contributed by atoms with Gasteiger partial charge in [-0.05, 0) is 73.4 Å². The lowest BCUT2D eigenvalue weighted by atomic mass is 9.94. The van der Waals surface area contributed by atoms with Gasteiger partial charge in [0.05, 0.1) is 22.6 Å². The van der Waals surface area contributed by atoms with Gasteiger partial charge in [0, 0.05) is 35.1 Å². The number of aryl methyl sites for hydroxylation is 1. The van der Waals surface area contributed by atoms with E-state index >= 15 is 0 Å². The van der Waals surface area contributed by atoms with E-state index in [9.17, 15) is 28.1 Å². The van der Waals surface area contributed by atoms with E-state index in [1.165, 1.54) is 43.2 Å². The molecule has 11 nitrogen and oxygen atoms in total. The summed E-state index contributed by atoms with van der Waals surface area (Å²) in [6.45, 7) is 0.855. The number of sulfonamides is 1. The quantitative estimate of drug-likeness (QED) is 0.108. The first-order valence-corrected chi connectivity index (χ1v) is 19.0. The lowest BCUT2D eigenvalue weighted by molar-refractivity contribution is -0.385. The fraction of sp³-hybridized carbons (Fsp3) is 0.316. The van der Waals surface area contributed by atoms with E-state index in [0.29, 0.717) is 11.3 Å². The Labute approximate surface area is 306 Å². The Morgan fingerprint density at radius 2 is 1.61 bits per heavy atom. The van der Waals surface area contributed by atoms with Crippen LogP contribution in [0.4, 0.5) is 11.4 Å². The number of carbonyl (C=O) groups excluding carboxylic acids is 2. The first kappa shape index (κ1) is 37.5. The molecule has 51 heavy (non-hydrogen) atoms. The Kier molecular flexibility index (Phi) is 12.5. The highest BCUT2D eigenvalue weighted by Gasteiger charge is 2.36.